The molecule has 3 atom stereocenters. The number of hydrogen-bond acceptors (Lipinski definition) is 7. The molecule has 3 N–H and O–H groups in total. The zero-order chi connectivity index (χ0) is 29.6. The molecule has 15 heteroatoms. The number of piperidine rings is 1. The van der Waals surface area contributed by atoms with E-state index in [1.165, 1.54) is 6.20 Å². The van der Waals surface area contributed by atoms with Gasteiger partial charge in [-0.15, -0.1) is 0 Å². The SMILES string of the molecule is C=C(C)S/C(=C(/Oc1ccc(NS(=O)C(F)F)c(F)c1F)C(C)CC)c1ccnc(NC2CNCC(F)(F)C2)n1. The first-order chi connectivity index (χ1) is 18.8. The summed E-state index contributed by atoms with van der Waals surface area (Å²) in [5, 5.41) is 5.58. The van der Waals surface area contributed by atoms with Crippen molar-refractivity contribution in [3.05, 3.63) is 59.0 Å². The Morgan fingerprint density at radius 3 is 2.65 bits per heavy atom. The van der Waals surface area contributed by atoms with Gasteiger partial charge in [-0.25, -0.2) is 27.3 Å². The van der Waals surface area contributed by atoms with Gasteiger partial charge in [-0.3, -0.25) is 4.72 Å². The molecular formula is C25H29F6N5O2S2. The summed E-state index contributed by atoms with van der Waals surface area (Å²) in [6.07, 6.45) is 1.54. The third kappa shape index (κ3) is 8.36. The molecule has 0 spiro atoms. The number of aromatic nitrogens is 2. The van der Waals surface area contributed by atoms with Gasteiger partial charge >= 0.3 is 5.76 Å². The summed E-state index contributed by atoms with van der Waals surface area (Å²) in [5.41, 5.74) is -0.397. The number of thioether (sulfide) groups is 1. The lowest BCUT2D eigenvalue weighted by atomic mass is 10.0. The molecule has 40 heavy (non-hydrogen) atoms. The molecule has 1 saturated heterocycles. The molecule has 2 heterocycles. The maximum atomic E-state index is 15.0. The lowest BCUT2D eigenvalue weighted by Gasteiger charge is -2.30. The van der Waals surface area contributed by atoms with Crippen LogP contribution in [0.3, 0.4) is 0 Å². The van der Waals surface area contributed by atoms with Gasteiger partial charge < -0.3 is 15.4 Å². The summed E-state index contributed by atoms with van der Waals surface area (Å²) < 4.78 is 102. The van der Waals surface area contributed by atoms with Crippen LogP contribution in [-0.4, -0.2) is 45.0 Å². The van der Waals surface area contributed by atoms with Crippen LogP contribution in [0.2, 0.25) is 0 Å². The van der Waals surface area contributed by atoms with Crippen molar-refractivity contribution in [2.75, 3.05) is 23.1 Å². The second-order valence-electron chi connectivity index (χ2n) is 9.11. The third-order valence-electron chi connectivity index (χ3n) is 5.74. The van der Waals surface area contributed by atoms with Crippen LogP contribution in [-0.2, 0) is 11.0 Å². The Bertz CT molecular complexity index is 1280. The lowest BCUT2D eigenvalue weighted by molar-refractivity contribution is -0.0244. The number of rotatable bonds is 12. The summed E-state index contributed by atoms with van der Waals surface area (Å²) in [6, 6.07) is 2.89. The number of allylic oxidation sites excluding steroid dienone is 2. The molecular weight excluding hydrogens is 580 g/mol. The molecule has 1 aliphatic rings. The maximum Gasteiger partial charge on any atom is 0.330 e. The Kier molecular flexibility index (Phi) is 10.9. The van der Waals surface area contributed by atoms with Gasteiger partial charge in [0.25, 0.3) is 5.92 Å². The van der Waals surface area contributed by atoms with E-state index in [2.05, 4.69) is 27.2 Å². The first-order valence-electron chi connectivity index (χ1n) is 12.2. The van der Waals surface area contributed by atoms with Crippen LogP contribution in [0.15, 0.2) is 41.6 Å². The topological polar surface area (TPSA) is 88.2 Å². The smallest absolute Gasteiger partial charge is 0.330 e. The fourth-order valence-electron chi connectivity index (χ4n) is 3.69. The van der Waals surface area contributed by atoms with Gasteiger partial charge in [0.1, 0.15) is 5.76 Å². The third-order valence-corrected chi connectivity index (χ3v) is 7.45. The minimum Gasteiger partial charge on any atom is -0.457 e. The summed E-state index contributed by atoms with van der Waals surface area (Å²) in [4.78, 5) is 9.63. The van der Waals surface area contributed by atoms with Crippen molar-refractivity contribution in [3.63, 3.8) is 0 Å². The molecule has 1 aliphatic heterocycles. The van der Waals surface area contributed by atoms with Gasteiger partial charge in [0.2, 0.25) is 11.8 Å². The minimum atomic E-state index is -3.31. The average molecular weight is 610 g/mol. The van der Waals surface area contributed by atoms with E-state index in [-0.39, 0.29) is 24.2 Å². The largest absolute Gasteiger partial charge is 0.457 e. The van der Waals surface area contributed by atoms with Crippen LogP contribution in [0, 0.1) is 17.6 Å². The second kappa shape index (κ2) is 13.7. The number of anilines is 2. The van der Waals surface area contributed by atoms with E-state index < -0.39 is 64.7 Å². The van der Waals surface area contributed by atoms with E-state index in [0.717, 1.165) is 23.9 Å². The lowest BCUT2D eigenvalue weighted by Crippen LogP contribution is -2.49. The summed E-state index contributed by atoms with van der Waals surface area (Å²) in [5.74, 6) is -9.80. The van der Waals surface area contributed by atoms with E-state index in [9.17, 15) is 30.6 Å². The molecule has 3 unspecified atom stereocenters. The summed E-state index contributed by atoms with van der Waals surface area (Å²) >= 11 is 1.16. The van der Waals surface area contributed by atoms with Gasteiger partial charge in [-0.2, -0.15) is 13.2 Å². The van der Waals surface area contributed by atoms with Crippen molar-refractivity contribution in [1.29, 1.82) is 0 Å². The molecule has 2 aromatic rings. The molecule has 3 rings (SSSR count). The Morgan fingerprint density at radius 1 is 1.30 bits per heavy atom. The monoisotopic (exact) mass is 609 g/mol. The first-order valence-corrected chi connectivity index (χ1v) is 14.2. The van der Waals surface area contributed by atoms with Crippen LogP contribution in [0.4, 0.5) is 38.0 Å². The van der Waals surface area contributed by atoms with Crippen molar-refractivity contribution in [1.82, 2.24) is 15.3 Å². The quantitative estimate of drug-likeness (QED) is 0.187. The maximum absolute atomic E-state index is 15.0. The van der Waals surface area contributed by atoms with Crippen molar-refractivity contribution < 1.29 is 35.3 Å². The predicted molar refractivity (Wildman–Crippen MR) is 145 cm³/mol. The van der Waals surface area contributed by atoms with Crippen LogP contribution in [0.25, 0.3) is 4.91 Å². The highest BCUT2D eigenvalue weighted by molar-refractivity contribution is 8.11. The highest BCUT2D eigenvalue weighted by Crippen LogP contribution is 2.40. The summed E-state index contributed by atoms with van der Waals surface area (Å²) in [6.45, 7) is 9.14. The highest BCUT2D eigenvalue weighted by atomic mass is 32.2. The number of benzene rings is 1. The van der Waals surface area contributed by atoms with Crippen molar-refractivity contribution >= 4 is 39.3 Å². The number of halogens is 6. The number of nitrogens with one attached hydrogen (secondary N) is 3. The normalized spacial score (nSPS) is 19.0. The van der Waals surface area contributed by atoms with Gasteiger partial charge in [-0.05, 0) is 36.4 Å². The average Bonchev–Trinajstić information content (AvgIpc) is 2.88. The van der Waals surface area contributed by atoms with E-state index >= 15 is 0 Å². The Labute approximate surface area is 234 Å². The number of nitrogens with zero attached hydrogens (tertiary/aromatic N) is 2. The van der Waals surface area contributed by atoms with Crippen molar-refractivity contribution in [2.45, 2.75) is 51.3 Å². The molecule has 0 amide bonds. The van der Waals surface area contributed by atoms with Crippen LogP contribution >= 0.6 is 11.8 Å². The molecule has 7 nitrogen and oxygen atoms in total. The zero-order valence-corrected chi connectivity index (χ0v) is 23.5. The predicted octanol–water partition coefficient (Wildman–Crippen LogP) is 6.52. The number of alkyl halides is 4. The molecule has 0 radical (unpaired) electrons. The van der Waals surface area contributed by atoms with E-state index in [1.807, 2.05) is 6.92 Å². The van der Waals surface area contributed by atoms with E-state index in [1.54, 1.807) is 24.6 Å². The molecule has 220 valence electrons. The van der Waals surface area contributed by atoms with Crippen LogP contribution < -0.4 is 20.1 Å². The number of hydrogen-bond donors (Lipinski definition) is 3. The molecule has 1 fully saturated rings. The van der Waals surface area contributed by atoms with Gasteiger partial charge in [0.15, 0.2) is 22.6 Å². The highest BCUT2D eigenvalue weighted by Gasteiger charge is 2.36. The van der Waals surface area contributed by atoms with Crippen LogP contribution in [0.5, 0.6) is 5.75 Å². The van der Waals surface area contributed by atoms with E-state index in [4.69, 9.17) is 4.74 Å². The van der Waals surface area contributed by atoms with Gasteiger partial charge in [0, 0.05) is 31.1 Å². The standard InChI is InChI=1S/C25H29F6N5O2S2/c1-5-14(4)21(38-18-7-6-16(19(26)20(18)27)36-40(37)23(28)29)22(39-13(2)3)17-8-9-33-24(35-17)34-15-10-25(30,31)12-32-11-15/h6-9,14-15,23,32,36H,2,5,10-12H2,1,3-4H3,(H,33,34,35)/b22-21+. The second-order valence-corrected chi connectivity index (χ2v) is 11.6. The molecule has 0 saturated carbocycles. The number of ether oxygens (including phenoxy) is 1. The van der Waals surface area contributed by atoms with Gasteiger partial charge in [0.05, 0.1) is 22.8 Å². The van der Waals surface area contributed by atoms with E-state index in [0.29, 0.717) is 21.9 Å². The Morgan fingerprint density at radius 2 is 2.02 bits per heavy atom. The van der Waals surface area contributed by atoms with Crippen molar-refractivity contribution in [3.8, 4) is 5.75 Å². The molecule has 1 aromatic carbocycles. The zero-order valence-electron chi connectivity index (χ0n) is 21.9. The first kappa shape index (κ1) is 31.7. The fraction of sp³-hybridized carbons (Fsp3) is 0.440. The minimum absolute atomic E-state index is 0.0880. The summed E-state index contributed by atoms with van der Waals surface area (Å²) in [7, 11) is -2.93. The fourth-order valence-corrected chi connectivity index (χ4v) is 5.07. The van der Waals surface area contributed by atoms with Crippen LogP contribution in [0.1, 0.15) is 39.3 Å². The molecule has 0 aliphatic carbocycles. The molecule has 0 bridgehead atoms. The van der Waals surface area contributed by atoms with Crippen molar-refractivity contribution in [2.24, 2.45) is 5.92 Å². The Balaban J connectivity index is 2.01. The Hall–Kier alpha value is -2.78. The van der Waals surface area contributed by atoms with Gasteiger partial charge in [-0.1, -0.05) is 32.2 Å². The molecule has 1 aromatic heterocycles.